The van der Waals surface area contributed by atoms with Crippen LogP contribution >= 0.6 is 0 Å². The van der Waals surface area contributed by atoms with Crippen LogP contribution in [-0.2, 0) is 9.53 Å². The van der Waals surface area contributed by atoms with E-state index in [2.05, 4.69) is 10.2 Å². The minimum Gasteiger partial charge on any atom is -0.480 e. The molecule has 5 heteroatoms. The van der Waals surface area contributed by atoms with Crippen molar-refractivity contribution in [2.75, 3.05) is 26.7 Å². The maximum Gasteiger partial charge on any atom is 0.322 e. The first-order chi connectivity index (χ1) is 7.52. The van der Waals surface area contributed by atoms with Gasteiger partial charge in [-0.3, -0.25) is 9.69 Å². The summed E-state index contributed by atoms with van der Waals surface area (Å²) in [5.74, 6) is -0.783. The van der Waals surface area contributed by atoms with Crippen molar-refractivity contribution in [1.29, 1.82) is 0 Å². The zero-order valence-electron chi connectivity index (χ0n) is 10.3. The number of likely N-dealkylation sites (tertiary alicyclic amines) is 1. The van der Waals surface area contributed by atoms with Crippen molar-refractivity contribution in [3.63, 3.8) is 0 Å². The van der Waals surface area contributed by atoms with E-state index in [0.29, 0.717) is 6.54 Å². The molecule has 0 amide bonds. The van der Waals surface area contributed by atoms with Gasteiger partial charge in [0.2, 0.25) is 0 Å². The lowest BCUT2D eigenvalue weighted by Crippen LogP contribution is -2.48. The Morgan fingerprint density at radius 1 is 1.62 bits per heavy atom. The maximum atomic E-state index is 11.1. The molecule has 2 unspecified atom stereocenters. The third-order valence-corrected chi connectivity index (χ3v) is 2.84. The van der Waals surface area contributed by atoms with E-state index in [1.54, 1.807) is 7.11 Å². The fourth-order valence-corrected chi connectivity index (χ4v) is 2.02. The number of hydrogen-bond acceptors (Lipinski definition) is 4. The van der Waals surface area contributed by atoms with E-state index in [-0.39, 0.29) is 12.1 Å². The predicted octanol–water partition coefficient (Wildman–Crippen LogP) is 0.158. The molecule has 1 fully saturated rings. The quantitative estimate of drug-likeness (QED) is 0.680. The molecule has 94 valence electrons. The van der Waals surface area contributed by atoms with Crippen LogP contribution in [0, 0.1) is 0 Å². The van der Waals surface area contributed by atoms with Gasteiger partial charge in [-0.25, -0.2) is 0 Å². The van der Waals surface area contributed by atoms with Gasteiger partial charge in [-0.05, 0) is 6.42 Å². The standard InChI is InChI=1S/C11H22N2O3/c1-8(2)12-10(11(14)15)7-13-5-4-9(6-13)16-3/h8-10,12H,4-7H2,1-3H3,(H,14,15). The van der Waals surface area contributed by atoms with Crippen LogP contribution in [0.1, 0.15) is 20.3 Å². The molecule has 16 heavy (non-hydrogen) atoms. The number of ether oxygens (including phenoxy) is 1. The van der Waals surface area contributed by atoms with Crippen molar-refractivity contribution >= 4 is 5.97 Å². The Hall–Kier alpha value is -0.650. The normalized spacial score (nSPS) is 23.9. The molecule has 0 radical (unpaired) electrons. The van der Waals surface area contributed by atoms with E-state index in [9.17, 15) is 4.79 Å². The topological polar surface area (TPSA) is 61.8 Å². The smallest absolute Gasteiger partial charge is 0.322 e. The Kier molecular flexibility index (Phi) is 5.18. The number of carboxylic acid groups (broad SMARTS) is 1. The lowest BCUT2D eigenvalue weighted by atomic mass is 10.2. The highest BCUT2D eigenvalue weighted by Gasteiger charge is 2.27. The second-order valence-electron chi connectivity index (χ2n) is 4.62. The highest BCUT2D eigenvalue weighted by Crippen LogP contribution is 2.12. The Morgan fingerprint density at radius 3 is 2.75 bits per heavy atom. The summed E-state index contributed by atoms with van der Waals surface area (Å²) in [6.07, 6.45) is 1.25. The van der Waals surface area contributed by atoms with Gasteiger partial charge in [0, 0.05) is 32.8 Å². The molecule has 0 saturated carbocycles. The average molecular weight is 230 g/mol. The fraction of sp³-hybridized carbons (Fsp3) is 0.909. The third-order valence-electron chi connectivity index (χ3n) is 2.84. The molecule has 0 bridgehead atoms. The number of carbonyl (C=O) groups is 1. The van der Waals surface area contributed by atoms with Gasteiger partial charge < -0.3 is 15.2 Å². The third kappa shape index (κ3) is 4.08. The van der Waals surface area contributed by atoms with Gasteiger partial charge >= 0.3 is 5.97 Å². The molecule has 1 aliphatic heterocycles. The van der Waals surface area contributed by atoms with Crippen molar-refractivity contribution in [2.45, 2.75) is 38.5 Å². The summed E-state index contributed by atoms with van der Waals surface area (Å²) in [6.45, 7) is 6.21. The first kappa shape index (κ1) is 13.4. The Balaban J connectivity index is 2.40. The van der Waals surface area contributed by atoms with Gasteiger partial charge in [0.1, 0.15) is 6.04 Å². The van der Waals surface area contributed by atoms with Crippen LogP contribution in [0.2, 0.25) is 0 Å². The van der Waals surface area contributed by atoms with E-state index in [1.165, 1.54) is 0 Å². The Labute approximate surface area is 96.8 Å². The van der Waals surface area contributed by atoms with Gasteiger partial charge in [0.25, 0.3) is 0 Å². The summed E-state index contributed by atoms with van der Waals surface area (Å²) in [5.41, 5.74) is 0. The van der Waals surface area contributed by atoms with Gasteiger partial charge in [-0.2, -0.15) is 0 Å². The molecule has 0 spiro atoms. The van der Waals surface area contributed by atoms with E-state index in [4.69, 9.17) is 9.84 Å². The molecule has 2 atom stereocenters. The number of nitrogens with zero attached hydrogens (tertiary/aromatic N) is 1. The summed E-state index contributed by atoms with van der Waals surface area (Å²) in [5, 5.41) is 12.1. The van der Waals surface area contributed by atoms with Crippen LogP contribution < -0.4 is 5.32 Å². The Bertz CT molecular complexity index is 233. The van der Waals surface area contributed by atoms with Gasteiger partial charge in [-0.1, -0.05) is 13.8 Å². The second kappa shape index (κ2) is 6.18. The number of methoxy groups -OCH3 is 1. The summed E-state index contributed by atoms with van der Waals surface area (Å²) >= 11 is 0. The van der Waals surface area contributed by atoms with Gasteiger partial charge in [-0.15, -0.1) is 0 Å². The predicted molar refractivity (Wildman–Crippen MR) is 61.5 cm³/mol. The molecule has 0 aromatic carbocycles. The highest BCUT2D eigenvalue weighted by atomic mass is 16.5. The van der Waals surface area contributed by atoms with Crippen LogP contribution in [0.15, 0.2) is 0 Å². The van der Waals surface area contributed by atoms with E-state index in [0.717, 1.165) is 19.5 Å². The van der Waals surface area contributed by atoms with Crippen molar-refractivity contribution in [2.24, 2.45) is 0 Å². The molecule has 0 aromatic rings. The molecule has 2 N–H and O–H groups in total. The molecular weight excluding hydrogens is 208 g/mol. The molecule has 0 aromatic heterocycles. The van der Waals surface area contributed by atoms with Crippen molar-refractivity contribution < 1.29 is 14.6 Å². The van der Waals surface area contributed by atoms with E-state index in [1.807, 2.05) is 13.8 Å². The second-order valence-corrected chi connectivity index (χ2v) is 4.62. The minimum atomic E-state index is -0.783. The van der Waals surface area contributed by atoms with Crippen LogP contribution in [0.3, 0.4) is 0 Å². The van der Waals surface area contributed by atoms with E-state index < -0.39 is 12.0 Å². The largest absolute Gasteiger partial charge is 0.480 e. The molecule has 0 aliphatic carbocycles. The lowest BCUT2D eigenvalue weighted by Gasteiger charge is -2.23. The van der Waals surface area contributed by atoms with Crippen LogP contribution in [-0.4, -0.2) is 60.9 Å². The van der Waals surface area contributed by atoms with Crippen molar-refractivity contribution in [3.8, 4) is 0 Å². The maximum absolute atomic E-state index is 11.1. The van der Waals surface area contributed by atoms with Gasteiger partial charge in [0.15, 0.2) is 0 Å². The monoisotopic (exact) mass is 230 g/mol. The fourth-order valence-electron chi connectivity index (χ4n) is 2.02. The molecule has 1 heterocycles. The summed E-state index contributed by atoms with van der Waals surface area (Å²) < 4.78 is 5.26. The van der Waals surface area contributed by atoms with Crippen LogP contribution in [0.4, 0.5) is 0 Å². The summed E-state index contributed by atoms with van der Waals surface area (Å²) in [6, 6.07) is -0.308. The van der Waals surface area contributed by atoms with Crippen LogP contribution in [0.25, 0.3) is 0 Å². The SMILES string of the molecule is COC1CCN(CC(NC(C)C)C(=O)O)C1. The number of aliphatic carboxylic acids is 1. The van der Waals surface area contributed by atoms with E-state index >= 15 is 0 Å². The summed E-state index contributed by atoms with van der Waals surface area (Å²) in [7, 11) is 1.70. The number of rotatable bonds is 6. The first-order valence-corrected chi connectivity index (χ1v) is 5.77. The number of carboxylic acids is 1. The van der Waals surface area contributed by atoms with Crippen molar-refractivity contribution in [3.05, 3.63) is 0 Å². The van der Waals surface area contributed by atoms with Crippen LogP contribution in [0.5, 0.6) is 0 Å². The zero-order chi connectivity index (χ0) is 12.1. The highest BCUT2D eigenvalue weighted by molar-refractivity contribution is 5.73. The minimum absolute atomic E-state index is 0.182. The molecular formula is C11H22N2O3. The number of hydrogen-bond donors (Lipinski definition) is 2. The molecule has 5 nitrogen and oxygen atoms in total. The zero-order valence-corrected chi connectivity index (χ0v) is 10.3. The first-order valence-electron chi connectivity index (χ1n) is 5.77. The molecule has 1 rings (SSSR count). The molecule has 1 aliphatic rings. The van der Waals surface area contributed by atoms with Gasteiger partial charge in [0.05, 0.1) is 6.10 Å². The summed E-state index contributed by atoms with van der Waals surface area (Å²) in [4.78, 5) is 13.2. The lowest BCUT2D eigenvalue weighted by molar-refractivity contribution is -0.140. The number of nitrogens with one attached hydrogen (secondary N) is 1. The molecule has 1 saturated heterocycles. The Morgan fingerprint density at radius 2 is 2.31 bits per heavy atom. The average Bonchev–Trinajstić information content (AvgIpc) is 2.63. The van der Waals surface area contributed by atoms with Crippen molar-refractivity contribution in [1.82, 2.24) is 10.2 Å².